The first-order chi connectivity index (χ1) is 8.61. The Kier molecular flexibility index (Phi) is 3.14. The van der Waals surface area contributed by atoms with E-state index in [-0.39, 0.29) is 11.1 Å². The minimum atomic E-state index is -1.10. The number of ketones is 1. The van der Waals surface area contributed by atoms with Crippen LogP contribution in [0.4, 0.5) is 10.1 Å². The summed E-state index contributed by atoms with van der Waals surface area (Å²) in [4.78, 5) is 21.7. The van der Waals surface area contributed by atoms with E-state index in [1.807, 2.05) is 0 Å². The van der Waals surface area contributed by atoms with Gasteiger partial charge in [-0.15, -0.1) is 0 Å². The van der Waals surface area contributed by atoms with E-state index >= 15 is 0 Å². The number of carbonyl (C=O) groups is 1. The molecule has 5 heteroatoms. The molecule has 0 fully saturated rings. The van der Waals surface area contributed by atoms with E-state index in [1.54, 1.807) is 18.2 Å². The Balaban J connectivity index is 2.50. The molecule has 0 radical (unpaired) electrons. The molecule has 90 valence electrons. The highest BCUT2D eigenvalue weighted by atomic mass is 19.1. The first-order valence-corrected chi connectivity index (χ1v) is 5.14. The van der Waals surface area contributed by atoms with Gasteiger partial charge in [0, 0.05) is 11.6 Å². The molecule has 0 saturated carbocycles. The van der Waals surface area contributed by atoms with E-state index in [2.05, 4.69) is 0 Å². The van der Waals surface area contributed by atoms with E-state index in [1.165, 1.54) is 24.3 Å². The highest BCUT2D eigenvalue weighted by Crippen LogP contribution is 2.22. The van der Waals surface area contributed by atoms with Gasteiger partial charge in [0.1, 0.15) is 0 Å². The van der Waals surface area contributed by atoms with Crippen molar-refractivity contribution in [1.29, 1.82) is 0 Å². The topological polar surface area (TPSA) is 60.2 Å². The van der Waals surface area contributed by atoms with Crippen LogP contribution in [0.15, 0.2) is 48.5 Å². The summed E-state index contributed by atoms with van der Waals surface area (Å²) < 4.78 is 13.8. The van der Waals surface area contributed by atoms with Crippen molar-refractivity contribution in [3.8, 4) is 0 Å². The molecule has 0 bridgehead atoms. The number of benzene rings is 2. The van der Waals surface area contributed by atoms with Crippen LogP contribution in [-0.4, -0.2) is 10.7 Å². The molecule has 18 heavy (non-hydrogen) atoms. The van der Waals surface area contributed by atoms with E-state index < -0.39 is 22.2 Å². The fourth-order valence-electron chi connectivity index (χ4n) is 1.58. The molecule has 0 amide bonds. The average molecular weight is 245 g/mol. The molecular weight excluding hydrogens is 237 g/mol. The molecule has 4 nitrogen and oxygen atoms in total. The lowest BCUT2D eigenvalue weighted by Gasteiger charge is -2.02. The fraction of sp³-hybridized carbons (Fsp3) is 0. The Morgan fingerprint density at radius 3 is 2.33 bits per heavy atom. The van der Waals surface area contributed by atoms with Crippen LogP contribution in [0.5, 0.6) is 0 Å². The molecule has 0 aliphatic carbocycles. The van der Waals surface area contributed by atoms with E-state index in [0.29, 0.717) is 0 Å². The maximum absolute atomic E-state index is 13.8. The second-order valence-electron chi connectivity index (χ2n) is 3.59. The number of carbonyl (C=O) groups excluding carboxylic acids is 1. The van der Waals surface area contributed by atoms with Crippen LogP contribution < -0.4 is 0 Å². The van der Waals surface area contributed by atoms with Gasteiger partial charge in [0.15, 0.2) is 5.78 Å². The number of rotatable bonds is 3. The number of halogens is 1. The summed E-state index contributed by atoms with van der Waals surface area (Å²) in [6.45, 7) is 0. The molecule has 0 heterocycles. The minimum Gasteiger partial charge on any atom is -0.288 e. The van der Waals surface area contributed by atoms with Gasteiger partial charge in [-0.3, -0.25) is 14.9 Å². The Bertz CT molecular complexity index is 611. The minimum absolute atomic E-state index is 0.289. The number of nitro benzene ring substituents is 1. The van der Waals surface area contributed by atoms with Gasteiger partial charge in [-0.05, 0) is 6.07 Å². The molecule has 0 atom stereocenters. The molecule has 0 aromatic heterocycles. The highest BCUT2D eigenvalue weighted by molar-refractivity contribution is 6.09. The zero-order valence-electron chi connectivity index (χ0n) is 9.17. The van der Waals surface area contributed by atoms with Crippen LogP contribution in [0.3, 0.4) is 0 Å². The fourth-order valence-corrected chi connectivity index (χ4v) is 1.58. The van der Waals surface area contributed by atoms with Crippen molar-refractivity contribution < 1.29 is 14.1 Å². The normalized spacial score (nSPS) is 10.1. The zero-order chi connectivity index (χ0) is 13.1. The van der Waals surface area contributed by atoms with Gasteiger partial charge in [0.25, 0.3) is 0 Å². The van der Waals surface area contributed by atoms with Gasteiger partial charge in [0.2, 0.25) is 5.82 Å². The summed E-state index contributed by atoms with van der Waals surface area (Å²) in [6, 6.07) is 11.6. The first kappa shape index (κ1) is 11.9. The number of nitro groups is 1. The van der Waals surface area contributed by atoms with Gasteiger partial charge < -0.3 is 0 Å². The monoisotopic (exact) mass is 245 g/mol. The smallest absolute Gasteiger partial charge is 0.288 e. The molecular formula is C13H8FNO3. The third-order valence-electron chi connectivity index (χ3n) is 2.46. The standard InChI is InChI=1S/C13H8FNO3/c14-12-10(7-4-8-11(12)15(17)18)13(16)9-5-2-1-3-6-9/h1-8H. The maximum Gasteiger partial charge on any atom is 0.305 e. The summed E-state index contributed by atoms with van der Waals surface area (Å²) in [7, 11) is 0. The van der Waals surface area contributed by atoms with Crippen molar-refractivity contribution in [2.45, 2.75) is 0 Å². The highest BCUT2D eigenvalue weighted by Gasteiger charge is 2.22. The maximum atomic E-state index is 13.8. The molecule has 0 saturated heterocycles. The molecule has 0 aliphatic heterocycles. The van der Waals surface area contributed by atoms with Crippen LogP contribution in [0, 0.1) is 15.9 Å². The molecule has 2 rings (SSSR count). The molecule has 0 spiro atoms. The van der Waals surface area contributed by atoms with E-state index in [0.717, 1.165) is 6.07 Å². The Morgan fingerprint density at radius 1 is 1.06 bits per heavy atom. The quantitative estimate of drug-likeness (QED) is 0.474. The van der Waals surface area contributed by atoms with E-state index in [4.69, 9.17) is 0 Å². The number of hydrogen-bond acceptors (Lipinski definition) is 3. The van der Waals surface area contributed by atoms with Gasteiger partial charge >= 0.3 is 5.69 Å². The lowest BCUT2D eigenvalue weighted by Crippen LogP contribution is -2.06. The second-order valence-corrected chi connectivity index (χ2v) is 3.59. The van der Waals surface area contributed by atoms with Crippen molar-refractivity contribution in [3.63, 3.8) is 0 Å². The van der Waals surface area contributed by atoms with Crippen molar-refractivity contribution in [3.05, 3.63) is 75.6 Å². The Hall–Kier alpha value is -2.56. The number of nitrogens with zero attached hydrogens (tertiary/aromatic N) is 1. The second kappa shape index (κ2) is 4.75. The zero-order valence-corrected chi connectivity index (χ0v) is 9.17. The molecule has 2 aromatic rings. The lowest BCUT2D eigenvalue weighted by molar-refractivity contribution is -0.387. The Labute approximate surface area is 102 Å². The van der Waals surface area contributed by atoms with E-state index in [9.17, 15) is 19.3 Å². The summed E-state index contributed by atoms with van der Waals surface area (Å²) in [5.74, 6) is -1.67. The molecule has 2 aromatic carbocycles. The molecule has 0 aliphatic rings. The average Bonchev–Trinajstić information content (AvgIpc) is 2.39. The summed E-state index contributed by atoms with van der Waals surface area (Å²) in [5, 5.41) is 10.6. The molecule has 0 unspecified atom stereocenters. The summed E-state index contributed by atoms with van der Waals surface area (Å²) in [6.07, 6.45) is 0. The van der Waals surface area contributed by atoms with Crippen LogP contribution in [-0.2, 0) is 0 Å². The Morgan fingerprint density at radius 2 is 1.72 bits per heavy atom. The van der Waals surface area contributed by atoms with Gasteiger partial charge in [-0.2, -0.15) is 4.39 Å². The van der Waals surface area contributed by atoms with Crippen LogP contribution >= 0.6 is 0 Å². The third kappa shape index (κ3) is 2.10. The van der Waals surface area contributed by atoms with Crippen molar-refractivity contribution in [2.75, 3.05) is 0 Å². The first-order valence-electron chi connectivity index (χ1n) is 5.14. The predicted molar refractivity (Wildman–Crippen MR) is 62.9 cm³/mol. The molecule has 0 N–H and O–H groups in total. The lowest BCUT2D eigenvalue weighted by atomic mass is 10.0. The largest absolute Gasteiger partial charge is 0.305 e. The van der Waals surface area contributed by atoms with Crippen molar-refractivity contribution in [2.24, 2.45) is 0 Å². The van der Waals surface area contributed by atoms with Crippen molar-refractivity contribution in [1.82, 2.24) is 0 Å². The van der Waals surface area contributed by atoms with Gasteiger partial charge in [-0.1, -0.05) is 36.4 Å². The van der Waals surface area contributed by atoms with Gasteiger partial charge in [-0.25, -0.2) is 0 Å². The summed E-state index contributed by atoms with van der Waals surface area (Å²) >= 11 is 0. The SMILES string of the molecule is O=C(c1ccccc1)c1cccc([N+](=O)[O-])c1F. The third-order valence-corrected chi connectivity index (χ3v) is 2.46. The van der Waals surface area contributed by atoms with Crippen LogP contribution in [0.25, 0.3) is 0 Å². The van der Waals surface area contributed by atoms with Crippen molar-refractivity contribution >= 4 is 11.5 Å². The summed E-state index contributed by atoms with van der Waals surface area (Å²) in [5.41, 5.74) is -0.705. The number of hydrogen-bond donors (Lipinski definition) is 0. The van der Waals surface area contributed by atoms with Crippen LogP contribution in [0.2, 0.25) is 0 Å². The van der Waals surface area contributed by atoms with Gasteiger partial charge in [0.05, 0.1) is 10.5 Å². The van der Waals surface area contributed by atoms with Crippen LogP contribution in [0.1, 0.15) is 15.9 Å². The predicted octanol–water partition coefficient (Wildman–Crippen LogP) is 2.96.